The topological polar surface area (TPSA) is 45.2 Å². The lowest BCUT2D eigenvalue weighted by Crippen LogP contribution is -2.32. The van der Waals surface area contributed by atoms with Crippen molar-refractivity contribution in [3.63, 3.8) is 0 Å². The van der Waals surface area contributed by atoms with E-state index in [0.29, 0.717) is 5.13 Å². The number of carbonyl (C=O) groups is 1. The monoisotopic (exact) mass is 347 g/mol. The molecule has 6 heteroatoms. The molecule has 2 heterocycles. The molecular weight excluding hydrogens is 325 g/mol. The second kappa shape index (κ2) is 7.40. The van der Waals surface area contributed by atoms with E-state index in [1.807, 2.05) is 6.92 Å². The number of rotatable bonds is 4. The lowest BCUT2D eigenvalue weighted by atomic mass is 9.99. The molecule has 0 aliphatic carbocycles. The van der Waals surface area contributed by atoms with Crippen molar-refractivity contribution < 1.29 is 9.18 Å². The van der Waals surface area contributed by atoms with Gasteiger partial charge < -0.3 is 0 Å². The molecule has 4 nitrogen and oxygen atoms in total. The second-order valence-electron chi connectivity index (χ2n) is 6.42. The predicted octanol–water partition coefficient (Wildman–Crippen LogP) is 4.07. The number of likely N-dealkylation sites (tertiary alicyclic amines) is 1. The minimum Gasteiger partial charge on any atom is -0.298 e. The Kier molecular flexibility index (Phi) is 5.26. The Morgan fingerprint density at radius 2 is 2.08 bits per heavy atom. The number of carbonyl (C=O) groups excluding carboxylic acids is 1. The highest BCUT2D eigenvalue weighted by Crippen LogP contribution is 2.26. The molecular formula is C18H22FN3OS. The van der Waals surface area contributed by atoms with Crippen molar-refractivity contribution in [2.45, 2.75) is 33.2 Å². The van der Waals surface area contributed by atoms with E-state index in [1.54, 1.807) is 12.1 Å². The largest absolute Gasteiger partial charge is 0.298 e. The van der Waals surface area contributed by atoms with Gasteiger partial charge in [-0.1, -0.05) is 19.1 Å². The van der Waals surface area contributed by atoms with Gasteiger partial charge in [-0.2, -0.15) is 0 Å². The Balaban J connectivity index is 1.66. The van der Waals surface area contributed by atoms with Crippen LogP contribution in [0, 0.1) is 18.7 Å². The Hall–Kier alpha value is -1.79. The number of aromatic nitrogens is 1. The summed E-state index contributed by atoms with van der Waals surface area (Å²) in [4.78, 5) is 20.2. The summed E-state index contributed by atoms with van der Waals surface area (Å²) in [6.07, 6.45) is 2.46. The van der Waals surface area contributed by atoms with Crippen LogP contribution in [0.2, 0.25) is 0 Å². The van der Waals surface area contributed by atoms with E-state index >= 15 is 0 Å². The van der Waals surface area contributed by atoms with E-state index in [2.05, 4.69) is 22.1 Å². The number of piperidine rings is 1. The van der Waals surface area contributed by atoms with Gasteiger partial charge in [0.1, 0.15) is 5.82 Å². The maximum atomic E-state index is 13.7. The van der Waals surface area contributed by atoms with Crippen LogP contribution in [-0.2, 0) is 6.54 Å². The van der Waals surface area contributed by atoms with Crippen molar-refractivity contribution in [1.82, 2.24) is 9.88 Å². The van der Waals surface area contributed by atoms with Crippen LogP contribution in [-0.4, -0.2) is 28.9 Å². The van der Waals surface area contributed by atoms with Crippen molar-refractivity contribution >= 4 is 22.4 Å². The molecule has 1 aliphatic heterocycles. The quantitative estimate of drug-likeness (QED) is 0.906. The molecule has 128 valence electrons. The first kappa shape index (κ1) is 17.0. The normalized spacial score (nSPS) is 16.3. The zero-order chi connectivity index (χ0) is 17.1. The van der Waals surface area contributed by atoms with E-state index in [0.717, 1.165) is 36.1 Å². The maximum absolute atomic E-state index is 13.7. The van der Waals surface area contributed by atoms with Crippen LogP contribution in [0.25, 0.3) is 0 Å². The minimum atomic E-state index is -0.522. The minimum absolute atomic E-state index is 0.0388. The molecule has 1 aliphatic rings. The number of hydrogen-bond donors (Lipinski definition) is 1. The third-order valence-electron chi connectivity index (χ3n) is 4.48. The van der Waals surface area contributed by atoms with E-state index in [1.165, 1.54) is 36.3 Å². The van der Waals surface area contributed by atoms with Crippen LogP contribution < -0.4 is 5.32 Å². The summed E-state index contributed by atoms with van der Waals surface area (Å²) < 4.78 is 13.7. The van der Waals surface area contributed by atoms with Crippen LogP contribution >= 0.6 is 11.3 Å². The molecule has 1 aromatic carbocycles. The van der Waals surface area contributed by atoms with E-state index in [-0.39, 0.29) is 5.56 Å². The lowest BCUT2D eigenvalue weighted by Gasteiger charge is -2.29. The highest BCUT2D eigenvalue weighted by molar-refractivity contribution is 7.15. The van der Waals surface area contributed by atoms with Gasteiger partial charge in [-0.15, -0.1) is 11.3 Å². The first-order valence-electron chi connectivity index (χ1n) is 8.27. The maximum Gasteiger partial charge on any atom is 0.260 e. The van der Waals surface area contributed by atoms with Crippen LogP contribution in [0.5, 0.6) is 0 Å². The number of nitrogens with one attached hydrogen (secondary N) is 1. The van der Waals surface area contributed by atoms with Crippen LogP contribution in [0.15, 0.2) is 24.3 Å². The third-order valence-corrected chi connectivity index (χ3v) is 5.53. The van der Waals surface area contributed by atoms with Crippen molar-refractivity contribution in [2.24, 2.45) is 5.92 Å². The molecule has 1 saturated heterocycles. The van der Waals surface area contributed by atoms with E-state index in [9.17, 15) is 9.18 Å². The van der Waals surface area contributed by atoms with Crippen LogP contribution in [0.3, 0.4) is 0 Å². The molecule has 24 heavy (non-hydrogen) atoms. The summed E-state index contributed by atoms with van der Waals surface area (Å²) in [6, 6.07) is 5.97. The van der Waals surface area contributed by atoms with Crippen molar-refractivity contribution in [3.8, 4) is 0 Å². The number of halogens is 1. The SMILES string of the molecule is Cc1nc(NC(=O)c2ccccc2F)sc1CN1CCC(C)CC1. The molecule has 3 rings (SSSR count). The van der Waals surface area contributed by atoms with Gasteiger partial charge in [0.25, 0.3) is 5.91 Å². The van der Waals surface area contributed by atoms with Gasteiger partial charge in [-0.3, -0.25) is 15.0 Å². The number of anilines is 1. The molecule has 1 amide bonds. The Bertz CT molecular complexity index is 723. The average Bonchev–Trinajstić information content (AvgIpc) is 2.89. The first-order chi connectivity index (χ1) is 11.5. The Morgan fingerprint density at radius 1 is 1.38 bits per heavy atom. The molecule has 1 fully saturated rings. The second-order valence-corrected chi connectivity index (χ2v) is 7.50. The highest BCUT2D eigenvalue weighted by Gasteiger charge is 2.19. The van der Waals surface area contributed by atoms with Gasteiger partial charge in [-0.05, 0) is 50.9 Å². The molecule has 0 unspecified atom stereocenters. The molecule has 0 radical (unpaired) electrons. The number of aryl methyl sites for hydroxylation is 1. The van der Waals surface area contributed by atoms with Gasteiger partial charge in [-0.25, -0.2) is 9.37 Å². The molecule has 0 atom stereocenters. The summed E-state index contributed by atoms with van der Waals surface area (Å²) in [5, 5.41) is 3.24. The number of thiazole rings is 1. The predicted molar refractivity (Wildman–Crippen MR) is 94.9 cm³/mol. The van der Waals surface area contributed by atoms with Crippen molar-refractivity contribution in [2.75, 3.05) is 18.4 Å². The van der Waals surface area contributed by atoms with Gasteiger partial charge in [0.15, 0.2) is 5.13 Å². The van der Waals surface area contributed by atoms with Gasteiger partial charge >= 0.3 is 0 Å². The molecule has 1 aromatic heterocycles. The molecule has 0 saturated carbocycles. The summed E-state index contributed by atoms with van der Waals surface area (Å²) in [7, 11) is 0. The molecule has 1 N–H and O–H groups in total. The fourth-order valence-corrected chi connectivity index (χ4v) is 3.86. The van der Waals surface area contributed by atoms with E-state index in [4.69, 9.17) is 0 Å². The van der Waals surface area contributed by atoms with Crippen LogP contribution in [0.4, 0.5) is 9.52 Å². The number of benzene rings is 1. The molecule has 2 aromatic rings. The zero-order valence-electron chi connectivity index (χ0n) is 14.0. The number of amides is 1. The fourth-order valence-electron chi connectivity index (χ4n) is 2.86. The Morgan fingerprint density at radius 3 is 2.79 bits per heavy atom. The summed E-state index contributed by atoms with van der Waals surface area (Å²) in [5.74, 6) is -0.175. The average molecular weight is 347 g/mol. The van der Waals surface area contributed by atoms with Gasteiger partial charge in [0.2, 0.25) is 0 Å². The fraction of sp³-hybridized carbons (Fsp3) is 0.444. The van der Waals surface area contributed by atoms with Crippen molar-refractivity contribution in [3.05, 3.63) is 46.2 Å². The Labute approximate surface area is 145 Å². The number of hydrogen-bond acceptors (Lipinski definition) is 4. The lowest BCUT2D eigenvalue weighted by molar-refractivity contribution is 0.102. The highest BCUT2D eigenvalue weighted by atomic mass is 32.1. The first-order valence-corrected chi connectivity index (χ1v) is 9.09. The molecule has 0 bridgehead atoms. The standard InChI is InChI=1S/C18H22FN3OS/c1-12-7-9-22(10-8-12)11-16-13(2)20-18(24-16)21-17(23)14-5-3-4-6-15(14)19/h3-6,12H,7-11H2,1-2H3,(H,20,21,23). The van der Waals surface area contributed by atoms with Gasteiger partial charge in [0, 0.05) is 11.4 Å². The van der Waals surface area contributed by atoms with Crippen LogP contribution in [0.1, 0.15) is 40.7 Å². The summed E-state index contributed by atoms with van der Waals surface area (Å²) in [5.41, 5.74) is 0.972. The smallest absolute Gasteiger partial charge is 0.260 e. The number of nitrogens with zero attached hydrogens (tertiary/aromatic N) is 2. The molecule has 0 spiro atoms. The summed E-state index contributed by atoms with van der Waals surface area (Å²) >= 11 is 1.48. The van der Waals surface area contributed by atoms with E-state index < -0.39 is 11.7 Å². The van der Waals surface area contributed by atoms with Gasteiger partial charge in [0.05, 0.1) is 11.3 Å². The zero-order valence-corrected chi connectivity index (χ0v) is 14.8. The summed E-state index contributed by atoms with van der Waals surface area (Å²) in [6.45, 7) is 7.33. The third kappa shape index (κ3) is 3.99. The van der Waals surface area contributed by atoms with Crippen molar-refractivity contribution in [1.29, 1.82) is 0 Å².